The first-order valence-corrected chi connectivity index (χ1v) is 5.69. The number of nitrogens with two attached hydrogens (primary N) is 1. The van der Waals surface area contributed by atoms with Gasteiger partial charge in [0.05, 0.1) is 6.61 Å². The minimum atomic E-state index is -1.04. The average Bonchev–Trinajstić information content (AvgIpc) is 2.28. The minimum absolute atomic E-state index is 0.195. The molecule has 0 amide bonds. The fourth-order valence-corrected chi connectivity index (χ4v) is 1.47. The highest BCUT2D eigenvalue weighted by Crippen LogP contribution is 2.16. The molecule has 1 rings (SSSR count). The van der Waals surface area contributed by atoms with Gasteiger partial charge in [-0.3, -0.25) is 4.79 Å². The lowest BCUT2D eigenvalue weighted by atomic mass is 9.94. The summed E-state index contributed by atoms with van der Waals surface area (Å²) in [6.07, 6.45) is 1.16. The molecule has 0 unspecified atom stereocenters. The maximum Gasteiger partial charge on any atom is 0.326 e. The Kier molecular flexibility index (Phi) is 4.52. The van der Waals surface area contributed by atoms with Crippen molar-refractivity contribution in [2.75, 3.05) is 6.61 Å². The molecule has 0 aliphatic carbocycles. The summed E-state index contributed by atoms with van der Waals surface area (Å²) < 4.78 is 5.04. The number of hydrogen-bond donors (Lipinski definition) is 2. The number of ether oxygens (including phenoxy) is 1. The first-order chi connectivity index (χ1) is 7.95. The van der Waals surface area contributed by atoms with Crippen LogP contribution in [0.4, 0.5) is 0 Å². The molecule has 0 bridgehead atoms. The monoisotopic (exact) mass is 237 g/mol. The Bertz CT molecular complexity index is 371. The first kappa shape index (κ1) is 13.5. The minimum Gasteiger partial charge on any atom is -0.508 e. The zero-order valence-corrected chi connectivity index (χ0v) is 10.3. The zero-order valence-electron chi connectivity index (χ0n) is 10.3. The second-order valence-corrected chi connectivity index (χ2v) is 4.40. The van der Waals surface area contributed by atoms with Crippen LogP contribution in [-0.2, 0) is 16.0 Å². The van der Waals surface area contributed by atoms with E-state index in [1.54, 1.807) is 31.2 Å². The summed E-state index contributed by atoms with van der Waals surface area (Å²) >= 11 is 0. The van der Waals surface area contributed by atoms with Crippen molar-refractivity contribution < 1.29 is 14.6 Å². The SMILES string of the molecule is CCCOC(=O)[C@@](C)(N)Cc1ccc(O)cc1. The first-order valence-electron chi connectivity index (χ1n) is 5.69. The molecule has 0 aliphatic heterocycles. The molecule has 4 heteroatoms. The normalized spacial score (nSPS) is 14.1. The zero-order chi connectivity index (χ0) is 12.9. The molecule has 0 saturated carbocycles. The third-order valence-electron chi connectivity index (χ3n) is 2.41. The van der Waals surface area contributed by atoms with Gasteiger partial charge in [0.25, 0.3) is 0 Å². The van der Waals surface area contributed by atoms with Crippen LogP contribution in [0.3, 0.4) is 0 Å². The molecule has 1 aromatic carbocycles. The summed E-state index contributed by atoms with van der Waals surface area (Å²) in [5.41, 5.74) is 5.79. The van der Waals surface area contributed by atoms with Crippen LogP contribution in [0.15, 0.2) is 24.3 Å². The highest BCUT2D eigenvalue weighted by atomic mass is 16.5. The number of carbonyl (C=O) groups excluding carboxylic acids is 1. The van der Waals surface area contributed by atoms with E-state index in [1.807, 2.05) is 6.92 Å². The van der Waals surface area contributed by atoms with E-state index in [0.717, 1.165) is 12.0 Å². The molecule has 0 aromatic heterocycles. The van der Waals surface area contributed by atoms with E-state index >= 15 is 0 Å². The van der Waals surface area contributed by atoms with E-state index in [0.29, 0.717) is 13.0 Å². The lowest BCUT2D eigenvalue weighted by Crippen LogP contribution is -2.48. The molecule has 1 atom stereocenters. The smallest absolute Gasteiger partial charge is 0.326 e. The molecule has 0 aliphatic rings. The Balaban J connectivity index is 2.65. The van der Waals surface area contributed by atoms with Gasteiger partial charge in [-0.25, -0.2) is 0 Å². The van der Waals surface area contributed by atoms with Crippen LogP contribution < -0.4 is 5.73 Å². The summed E-state index contributed by atoms with van der Waals surface area (Å²) in [4.78, 5) is 11.7. The van der Waals surface area contributed by atoms with Gasteiger partial charge in [0.1, 0.15) is 11.3 Å². The maximum absolute atomic E-state index is 11.7. The number of aromatic hydroxyl groups is 1. The van der Waals surface area contributed by atoms with Crippen LogP contribution in [0.5, 0.6) is 5.75 Å². The number of hydrogen-bond acceptors (Lipinski definition) is 4. The predicted molar refractivity (Wildman–Crippen MR) is 65.7 cm³/mol. The second-order valence-electron chi connectivity index (χ2n) is 4.40. The standard InChI is InChI=1S/C13H19NO3/c1-3-8-17-12(16)13(2,14)9-10-4-6-11(15)7-5-10/h4-7,15H,3,8-9,14H2,1-2H3/t13-/m0/s1. The third-order valence-corrected chi connectivity index (χ3v) is 2.41. The summed E-state index contributed by atoms with van der Waals surface area (Å²) in [5.74, 6) is -0.201. The second kappa shape index (κ2) is 5.68. The highest BCUT2D eigenvalue weighted by Gasteiger charge is 2.30. The van der Waals surface area contributed by atoms with Gasteiger partial charge in [-0.15, -0.1) is 0 Å². The molecule has 94 valence electrons. The number of rotatable bonds is 5. The number of carbonyl (C=O) groups is 1. The summed E-state index contributed by atoms with van der Waals surface area (Å²) in [6.45, 7) is 3.97. The lowest BCUT2D eigenvalue weighted by molar-refractivity contribution is -0.149. The highest BCUT2D eigenvalue weighted by molar-refractivity contribution is 5.80. The number of benzene rings is 1. The van der Waals surface area contributed by atoms with Gasteiger partial charge in [0, 0.05) is 6.42 Å². The molecule has 0 radical (unpaired) electrons. The van der Waals surface area contributed by atoms with E-state index in [-0.39, 0.29) is 5.75 Å². The van der Waals surface area contributed by atoms with Gasteiger partial charge in [-0.2, -0.15) is 0 Å². The Morgan fingerprint density at radius 1 is 1.41 bits per heavy atom. The van der Waals surface area contributed by atoms with Gasteiger partial charge >= 0.3 is 5.97 Å². The topological polar surface area (TPSA) is 72.5 Å². The molecule has 17 heavy (non-hydrogen) atoms. The molecule has 0 spiro atoms. The summed E-state index contributed by atoms with van der Waals surface area (Å²) in [5, 5.41) is 9.16. The number of phenols is 1. The van der Waals surface area contributed by atoms with Crippen LogP contribution >= 0.6 is 0 Å². The van der Waals surface area contributed by atoms with Crippen LogP contribution in [0.2, 0.25) is 0 Å². The molecular weight excluding hydrogens is 218 g/mol. The van der Waals surface area contributed by atoms with Crippen molar-refractivity contribution in [3.05, 3.63) is 29.8 Å². The average molecular weight is 237 g/mol. The third kappa shape index (κ3) is 4.07. The van der Waals surface area contributed by atoms with Gasteiger partial charge < -0.3 is 15.6 Å². The van der Waals surface area contributed by atoms with Crippen LogP contribution in [0, 0.1) is 0 Å². The Labute approximate surface area is 101 Å². The Hall–Kier alpha value is -1.55. The summed E-state index contributed by atoms with van der Waals surface area (Å²) in [6, 6.07) is 6.63. The van der Waals surface area contributed by atoms with E-state index in [4.69, 9.17) is 15.6 Å². The molecule has 1 aromatic rings. The predicted octanol–water partition coefficient (Wildman–Crippen LogP) is 1.61. The fourth-order valence-electron chi connectivity index (χ4n) is 1.47. The Morgan fingerprint density at radius 3 is 2.53 bits per heavy atom. The molecule has 4 nitrogen and oxygen atoms in total. The van der Waals surface area contributed by atoms with Crippen molar-refractivity contribution in [1.82, 2.24) is 0 Å². The van der Waals surface area contributed by atoms with Crippen LogP contribution in [-0.4, -0.2) is 23.2 Å². The van der Waals surface area contributed by atoms with E-state index in [1.165, 1.54) is 0 Å². The van der Waals surface area contributed by atoms with Crippen LogP contribution in [0.25, 0.3) is 0 Å². The van der Waals surface area contributed by atoms with Gasteiger partial charge in [0.2, 0.25) is 0 Å². The lowest BCUT2D eigenvalue weighted by Gasteiger charge is -2.22. The number of phenolic OH excluding ortho intramolecular Hbond substituents is 1. The van der Waals surface area contributed by atoms with Crippen molar-refractivity contribution in [3.63, 3.8) is 0 Å². The van der Waals surface area contributed by atoms with Gasteiger partial charge in [-0.1, -0.05) is 19.1 Å². The van der Waals surface area contributed by atoms with Crippen molar-refractivity contribution in [2.24, 2.45) is 5.73 Å². The van der Waals surface area contributed by atoms with Crippen molar-refractivity contribution >= 4 is 5.97 Å². The summed E-state index contributed by atoms with van der Waals surface area (Å²) in [7, 11) is 0. The van der Waals surface area contributed by atoms with Crippen molar-refractivity contribution in [3.8, 4) is 5.75 Å². The fraction of sp³-hybridized carbons (Fsp3) is 0.462. The van der Waals surface area contributed by atoms with E-state index in [9.17, 15) is 4.79 Å². The van der Waals surface area contributed by atoms with Crippen LogP contribution in [0.1, 0.15) is 25.8 Å². The van der Waals surface area contributed by atoms with Gasteiger partial charge in [-0.05, 0) is 31.0 Å². The van der Waals surface area contributed by atoms with E-state index < -0.39 is 11.5 Å². The molecule has 3 N–H and O–H groups in total. The Morgan fingerprint density at radius 2 is 2.00 bits per heavy atom. The molecular formula is C13H19NO3. The molecule has 0 heterocycles. The quantitative estimate of drug-likeness (QED) is 0.763. The molecule has 0 fully saturated rings. The van der Waals surface area contributed by atoms with Gasteiger partial charge in [0.15, 0.2) is 0 Å². The van der Waals surface area contributed by atoms with Crippen molar-refractivity contribution in [2.45, 2.75) is 32.2 Å². The number of esters is 1. The van der Waals surface area contributed by atoms with Crippen molar-refractivity contribution in [1.29, 1.82) is 0 Å². The maximum atomic E-state index is 11.7. The largest absolute Gasteiger partial charge is 0.508 e. The molecule has 0 saturated heterocycles. The van der Waals surface area contributed by atoms with E-state index in [2.05, 4.69) is 0 Å².